The lowest BCUT2D eigenvalue weighted by Crippen LogP contribution is -2.47. The van der Waals surface area contributed by atoms with Gasteiger partial charge in [0.15, 0.2) is 9.84 Å². The number of hydrogen-bond donors (Lipinski definition) is 1. The minimum atomic E-state index is -3.36. The second kappa shape index (κ2) is 8.97. The summed E-state index contributed by atoms with van der Waals surface area (Å²) >= 11 is 0. The van der Waals surface area contributed by atoms with Crippen LogP contribution < -0.4 is 5.32 Å². The number of fused-ring (bicyclic) bond motifs is 1. The Morgan fingerprint density at radius 1 is 1.24 bits per heavy atom. The minimum absolute atomic E-state index is 0.106. The number of benzene rings is 1. The van der Waals surface area contributed by atoms with Gasteiger partial charge in [0.2, 0.25) is 0 Å². The summed E-state index contributed by atoms with van der Waals surface area (Å²) in [4.78, 5) is 39.2. The van der Waals surface area contributed by atoms with E-state index in [1.54, 1.807) is 13.0 Å². The first-order chi connectivity index (χ1) is 15.7. The molecule has 1 aromatic carbocycles. The predicted octanol–water partition coefficient (Wildman–Crippen LogP) is 1.35. The number of nitrogens with zero attached hydrogens (tertiary/aromatic N) is 3. The van der Waals surface area contributed by atoms with Crippen LogP contribution in [0.5, 0.6) is 0 Å². The van der Waals surface area contributed by atoms with Gasteiger partial charge >= 0.3 is 17.8 Å². The monoisotopic (exact) mass is 474 g/mol. The van der Waals surface area contributed by atoms with E-state index in [1.807, 2.05) is 25.1 Å². The van der Waals surface area contributed by atoms with E-state index in [4.69, 9.17) is 4.74 Å². The number of amides is 2. The number of anilines is 1. The smallest absolute Gasteiger partial charge is 0.315 e. The molecular weight excluding hydrogens is 448 g/mol. The molecule has 0 spiro atoms. The standard InChI is InChI=1S/C22H26N4O6S/c1-3-32-22(29)15-7-5-9-25(11-15)21(28)20(27)23-19-17-12-33(30,31)13-18(17)24-26(19)16-8-4-6-14(2)10-16/h4,6,8,10,15H,3,5,7,9,11-13H2,1-2H3,(H,23,27). The van der Waals surface area contributed by atoms with Crippen LogP contribution in [0.2, 0.25) is 0 Å². The molecule has 2 amide bonds. The maximum atomic E-state index is 12.9. The van der Waals surface area contributed by atoms with Gasteiger partial charge in [0, 0.05) is 18.7 Å². The van der Waals surface area contributed by atoms with E-state index in [2.05, 4.69) is 10.4 Å². The molecule has 2 aromatic rings. The number of likely N-dealkylation sites (tertiary alicyclic amines) is 1. The predicted molar refractivity (Wildman–Crippen MR) is 119 cm³/mol. The quantitative estimate of drug-likeness (QED) is 0.523. The lowest BCUT2D eigenvalue weighted by Gasteiger charge is -2.31. The van der Waals surface area contributed by atoms with E-state index in [0.29, 0.717) is 36.3 Å². The van der Waals surface area contributed by atoms with E-state index in [1.165, 1.54) is 9.58 Å². The van der Waals surface area contributed by atoms with Crippen molar-refractivity contribution in [1.82, 2.24) is 14.7 Å². The van der Waals surface area contributed by atoms with Gasteiger partial charge in [-0.05, 0) is 44.4 Å². The highest BCUT2D eigenvalue weighted by molar-refractivity contribution is 7.90. The van der Waals surface area contributed by atoms with Crippen LogP contribution >= 0.6 is 0 Å². The zero-order valence-corrected chi connectivity index (χ0v) is 19.4. The van der Waals surface area contributed by atoms with E-state index < -0.39 is 27.6 Å². The van der Waals surface area contributed by atoms with Crippen molar-refractivity contribution in [3.8, 4) is 5.69 Å². The Morgan fingerprint density at radius 2 is 2.03 bits per heavy atom. The fraction of sp³-hybridized carbons (Fsp3) is 0.455. The number of piperidine rings is 1. The van der Waals surface area contributed by atoms with Crippen molar-refractivity contribution in [3.05, 3.63) is 41.1 Å². The third kappa shape index (κ3) is 4.77. The van der Waals surface area contributed by atoms with Crippen molar-refractivity contribution < 1.29 is 27.5 Å². The molecule has 11 heteroatoms. The molecule has 1 atom stereocenters. The molecule has 1 unspecified atom stereocenters. The number of carbonyl (C=O) groups excluding carboxylic acids is 3. The van der Waals surface area contributed by atoms with Gasteiger partial charge in [-0.2, -0.15) is 5.10 Å². The summed E-state index contributed by atoms with van der Waals surface area (Å²) in [5.74, 6) is -2.83. The van der Waals surface area contributed by atoms with Crippen molar-refractivity contribution in [2.75, 3.05) is 25.0 Å². The molecule has 2 aliphatic heterocycles. The number of ether oxygens (including phenoxy) is 1. The highest BCUT2D eigenvalue weighted by Crippen LogP contribution is 2.33. The molecule has 1 saturated heterocycles. The van der Waals surface area contributed by atoms with Gasteiger partial charge in [-0.25, -0.2) is 13.1 Å². The van der Waals surface area contributed by atoms with E-state index >= 15 is 0 Å². The number of aryl methyl sites for hydroxylation is 1. The molecule has 1 fully saturated rings. The summed E-state index contributed by atoms with van der Waals surface area (Å²) < 4.78 is 30.8. The van der Waals surface area contributed by atoms with Crippen LogP contribution in [0, 0.1) is 12.8 Å². The van der Waals surface area contributed by atoms with Gasteiger partial charge < -0.3 is 15.0 Å². The molecular formula is C22H26N4O6S. The molecule has 0 bridgehead atoms. The van der Waals surface area contributed by atoms with Crippen LogP contribution in [0.1, 0.15) is 36.6 Å². The lowest BCUT2D eigenvalue weighted by atomic mass is 9.98. The lowest BCUT2D eigenvalue weighted by molar-refractivity contribution is -0.153. The molecule has 10 nitrogen and oxygen atoms in total. The molecule has 1 aromatic heterocycles. The maximum Gasteiger partial charge on any atom is 0.315 e. The first-order valence-electron chi connectivity index (χ1n) is 10.8. The molecule has 0 aliphatic carbocycles. The van der Waals surface area contributed by atoms with Crippen molar-refractivity contribution >= 4 is 33.4 Å². The summed E-state index contributed by atoms with van der Waals surface area (Å²) in [5.41, 5.74) is 2.35. The normalized spacial score (nSPS) is 19.1. The largest absolute Gasteiger partial charge is 0.466 e. The summed E-state index contributed by atoms with van der Waals surface area (Å²) in [7, 11) is -3.36. The van der Waals surface area contributed by atoms with E-state index in [9.17, 15) is 22.8 Å². The Hall–Kier alpha value is -3.21. The number of carbonyl (C=O) groups is 3. The third-order valence-corrected chi connectivity index (χ3v) is 7.23. The Balaban J connectivity index is 1.59. The molecule has 4 rings (SSSR count). The maximum absolute atomic E-state index is 12.9. The Morgan fingerprint density at radius 3 is 2.76 bits per heavy atom. The Kier molecular flexibility index (Phi) is 6.24. The fourth-order valence-electron chi connectivity index (χ4n) is 4.24. The fourth-order valence-corrected chi connectivity index (χ4v) is 5.73. The summed E-state index contributed by atoms with van der Waals surface area (Å²) in [6, 6.07) is 7.37. The SMILES string of the molecule is CCOC(=O)C1CCCN(C(=O)C(=O)Nc2c3c(nn2-c2cccc(C)c2)CS(=O)(=O)C3)C1. The Bertz CT molecular complexity index is 1220. The number of rotatable bonds is 4. The molecule has 176 valence electrons. The minimum Gasteiger partial charge on any atom is -0.466 e. The highest BCUT2D eigenvalue weighted by atomic mass is 32.2. The van der Waals surface area contributed by atoms with Gasteiger partial charge in [-0.1, -0.05) is 12.1 Å². The first-order valence-corrected chi connectivity index (χ1v) is 12.7. The van der Waals surface area contributed by atoms with Crippen LogP contribution in [-0.4, -0.2) is 60.6 Å². The molecule has 2 aliphatic rings. The zero-order chi connectivity index (χ0) is 23.8. The number of sulfone groups is 1. The van der Waals surface area contributed by atoms with Crippen molar-refractivity contribution in [1.29, 1.82) is 0 Å². The molecule has 0 radical (unpaired) electrons. The second-order valence-electron chi connectivity index (χ2n) is 8.35. The van der Waals surface area contributed by atoms with Gasteiger partial charge in [-0.15, -0.1) is 0 Å². The molecule has 33 heavy (non-hydrogen) atoms. The van der Waals surface area contributed by atoms with Crippen LogP contribution in [0.25, 0.3) is 5.69 Å². The highest BCUT2D eigenvalue weighted by Gasteiger charge is 2.36. The van der Waals surface area contributed by atoms with Gasteiger partial charge in [0.05, 0.1) is 35.4 Å². The Labute approximate surface area is 191 Å². The number of hydrogen-bond acceptors (Lipinski definition) is 7. The molecule has 0 saturated carbocycles. The average Bonchev–Trinajstić information content (AvgIpc) is 3.25. The summed E-state index contributed by atoms with van der Waals surface area (Å²) in [6.07, 6.45) is 1.17. The van der Waals surface area contributed by atoms with E-state index in [-0.39, 0.29) is 36.4 Å². The second-order valence-corrected chi connectivity index (χ2v) is 10.4. The number of aromatic nitrogens is 2. The summed E-state index contributed by atoms with van der Waals surface area (Å²) in [6.45, 7) is 4.33. The molecule has 1 N–H and O–H groups in total. The van der Waals surface area contributed by atoms with Crippen LogP contribution in [0.4, 0.5) is 5.82 Å². The molecule has 3 heterocycles. The van der Waals surface area contributed by atoms with Gasteiger partial charge in [0.1, 0.15) is 5.82 Å². The zero-order valence-electron chi connectivity index (χ0n) is 18.5. The van der Waals surface area contributed by atoms with Crippen molar-refractivity contribution in [3.63, 3.8) is 0 Å². The third-order valence-electron chi connectivity index (χ3n) is 5.79. The topological polar surface area (TPSA) is 128 Å². The number of nitrogens with one attached hydrogen (secondary N) is 1. The van der Waals surface area contributed by atoms with Crippen molar-refractivity contribution in [2.24, 2.45) is 5.92 Å². The first kappa shape index (κ1) is 23.0. The van der Waals surface area contributed by atoms with Crippen LogP contribution in [0.15, 0.2) is 24.3 Å². The average molecular weight is 475 g/mol. The van der Waals surface area contributed by atoms with Gasteiger partial charge in [0.25, 0.3) is 0 Å². The van der Waals surface area contributed by atoms with Crippen molar-refractivity contribution in [2.45, 2.75) is 38.2 Å². The summed E-state index contributed by atoms with van der Waals surface area (Å²) in [5, 5.41) is 7.02. The number of esters is 1. The van der Waals surface area contributed by atoms with E-state index in [0.717, 1.165) is 5.56 Å². The van der Waals surface area contributed by atoms with Gasteiger partial charge in [-0.3, -0.25) is 14.4 Å². The van der Waals surface area contributed by atoms with Crippen LogP contribution in [0.3, 0.4) is 0 Å². The van der Waals surface area contributed by atoms with Crippen LogP contribution in [-0.2, 0) is 40.5 Å².